The second-order valence-corrected chi connectivity index (χ2v) is 4.05. The predicted octanol–water partition coefficient (Wildman–Crippen LogP) is 2.92. The molecule has 0 bridgehead atoms. The number of rotatable bonds is 2. The van der Waals surface area contributed by atoms with Gasteiger partial charge < -0.3 is 4.57 Å². The summed E-state index contributed by atoms with van der Waals surface area (Å²) in [5.41, 5.74) is 0. The van der Waals surface area contributed by atoms with Crippen LogP contribution in [-0.2, 0) is 6.54 Å². The van der Waals surface area contributed by atoms with Crippen LogP contribution in [0.25, 0.3) is 0 Å². The van der Waals surface area contributed by atoms with Gasteiger partial charge in [-0.05, 0) is 30.4 Å². The van der Waals surface area contributed by atoms with E-state index in [4.69, 9.17) is 0 Å². The van der Waals surface area contributed by atoms with Gasteiger partial charge in [-0.25, -0.2) is 0 Å². The third-order valence-corrected chi connectivity index (χ3v) is 3.15. The summed E-state index contributed by atoms with van der Waals surface area (Å²) >= 11 is 0. The minimum absolute atomic E-state index is 0.928. The lowest BCUT2D eigenvalue weighted by Crippen LogP contribution is -2.11. The molecule has 0 N–H and O–H groups in total. The second-order valence-electron chi connectivity index (χ2n) is 4.05. The van der Waals surface area contributed by atoms with Crippen molar-refractivity contribution in [3.05, 3.63) is 24.5 Å². The van der Waals surface area contributed by atoms with Gasteiger partial charge in [0.05, 0.1) is 0 Å². The maximum absolute atomic E-state index is 2.39. The van der Waals surface area contributed by atoms with Crippen molar-refractivity contribution in [2.75, 3.05) is 0 Å². The Bertz CT molecular complexity index is 225. The molecule has 2 atom stereocenters. The summed E-state index contributed by atoms with van der Waals surface area (Å²) in [5.74, 6) is 1.87. The Hall–Kier alpha value is -0.720. The van der Waals surface area contributed by atoms with E-state index in [1.807, 2.05) is 0 Å². The monoisotopic (exact) mass is 163 g/mol. The number of nitrogens with zero attached hydrogens (tertiary/aromatic N) is 1. The van der Waals surface area contributed by atoms with E-state index in [-0.39, 0.29) is 0 Å². The third kappa shape index (κ3) is 1.55. The largest absolute Gasteiger partial charge is 0.354 e. The topological polar surface area (TPSA) is 4.93 Å². The van der Waals surface area contributed by atoms with Crippen molar-refractivity contribution in [1.82, 2.24) is 4.57 Å². The molecule has 1 aliphatic carbocycles. The van der Waals surface area contributed by atoms with Gasteiger partial charge >= 0.3 is 0 Å². The quantitative estimate of drug-likeness (QED) is 0.631. The fraction of sp³-hybridized carbons (Fsp3) is 0.636. The number of hydrogen-bond donors (Lipinski definition) is 0. The molecule has 0 spiro atoms. The smallest absolute Gasteiger partial charge is 0.0250 e. The van der Waals surface area contributed by atoms with E-state index < -0.39 is 0 Å². The van der Waals surface area contributed by atoms with Crippen molar-refractivity contribution in [1.29, 1.82) is 0 Å². The van der Waals surface area contributed by atoms with Gasteiger partial charge in [-0.3, -0.25) is 0 Å². The minimum atomic E-state index is 0.928. The normalized spacial score (nSPS) is 29.4. The van der Waals surface area contributed by atoms with Gasteiger partial charge in [0, 0.05) is 18.9 Å². The molecule has 1 heteroatoms. The summed E-state index contributed by atoms with van der Waals surface area (Å²) in [6.07, 6.45) is 8.65. The lowest BCUT2D eigenvalue weighted by Gasteiger charge is -2.15. The fourth-order valence-electron chi connectivity index (χ4n) is 2.26. The Kier molecular flexibility index (Phi) is 2.20. The van der Waals surface area contributed by atoms with E-state index in [2.05, 4.69) is 36.0 Å². The van der Waals surface area contributed by atoms with E-state index in [1.165, 1.54) is 25.8 Å². The van der Waals surface area contributed by atoms with Crippen LogP contribution < -0.4 is 0 Å². The van der Waals surface area contributed by atoms with E-state index in [1.54, 1.807) is 0 Å². The zero-order valence-electron chi connectivity index (χ0n) is 7.74. The van der Waals surface area contributed by atoms with E-state index in [0.29, 0.717) is 0 Å². The molecule has 2 unspecified atom stereocenters. The summed E-state index contributed by atoms with van der Waals surface area (Å²) in [5, 5.41) is 0. The van der Waals surface area contributed by atoms with Gasteiger partial charge in [0.1, 0.15) is 0 Å². The summed E-state index contributed by atoms with van der Waals surface area (Å²) < 4.78 is 2.31. The summed E-state index contributed by atoms with van der Waals surface area (Å²) in [6, 6.07) is 4.22. The molecular weight excluding hydrogens is 146 g/mol. The summed E-state index contributed by atoms with van der Waals surface area (Å²) in [6.45, 7) is 3.62. The molecule has 1 saturated carbocycles. The van der Waals surface area contributed by atoms with Crippen LogP contribution in [0.2, 0.25) is 0 Å². The Morgan fingerprint density at radius 2 is 2.00 bits per heavy atom. The minimum Gasteiger partial charge on any atom is -0.354 e. The molecule has 0 amide bonds. The predicted molar refractivity (Wildman–Crippen MR) is 50.9 cm³/mol. The van der Waals surface area contributed by atoms with Gasteiger partial charge in [0.15, 0.2) is 0 Å². The average Bonchev–Trinajstić information content (AvgIpc) is 2.65. The van der Waals surface area contributed by atoms with E-state index >= 15 is 0 Å². The second kappa shape index (κ2) is 3.34. The van der Waals surface area contributed by atoms with Crippen molar-refractivity contribution in [2.45, 2.75) is 32.7 Å². The van der Waals surface area contributed by atoms with Crippen LogP contribution in [0.5, 0.6) is 0 Å². The van der Waals surface area contributed by atoms with Gasteiger partial charge in [-0.2, -0.15) is 0 Å². The Morgan fingerprint density at radius 1 is 1.25 bits per heavy atom. The average molecular weight is 163 g/mol. The standard InChI is InChI=1S/C11H17N/c1-10-5-4-6-11(10)9-12-7-2-3-8-12/h2-3,7-8,10-11H,4-6,9H2,1H3. The lowest BCUT2D eigenvalue weighted by atomic mass is 9.98. The maximum atomic E-state index is 2.39. The summed E-state index contributed by atoms with van der Waals surface area (Å²) in [7, 11) is 0. The van der Waals surface area contributed by atoms with Crippen LogP contribution in [0.15, 0.2) is 24.5 Å². The van der Waals surface area contributed by atoms with Crippen molar-refractivity contribution in [3.8, 4) is 0 Å². The van der Waals surface area contributed by atoms with Crippen LogP contribution in [0.1, 0.15) is 26.2 Å². The van der Waals surface area contributed by atoms with Crippen LogP contribution in [-0.4, -0.2) is 4.57 Å². The van der Waals surface area contributed by atoms with Crippen molar-refractivity contribution in [3.63, 3.8) is 0 Å². The first kappa shape index (κ1) is 7.90. The molecule has 1 heterocycles. The molecule has 1 aromatic rings. The molecule has 0 aliphatic heterocycles. The van der Waals surface area contributed by atoms with Crippen LogP contribution >= 0.6 is 0 Å². The third-order valence-electron chi connectivity index (χ3n) is 3.15. The molecule has 0 aromatic carbocycles. The SMILES string of the molecule is CC1CCCC1Cn1cccc1. The Balaban J connectivity index is 1.95. The molecule has 0 saturated heterocycles. The lowest BCUT2D eigenvalue weighted by molar-refractivity contribution is 0.364. The molecule has 1 aliphatic rings. The highest BCUT2D eigenvalue weighted by atomic mass is 14.9. The zero-order chi connectivity index (χ0) is 8.39. The first-order valence-electron chi connectivity index (χ1n) is 4.97. The highest BCUT2D eigenvalue weighted by molar-refractivity contribution is 4.91. The van der Waals surface area contributed by atoms with Crippen LogP contribution in [0.4, 0.5) is 0 Å². The molecule has 12 heavy (non-hydrogen) atoms. The molecule has 2 rings (SSSR count). The van der Waals surface area contributed by atoms with Crippen molar-refractivity contribution in [2.24, 2.45) is 11.8 Å². The maximum Gasteiger partial charge on any atom is 0.0250 e. The highest BCUT2D eigenvalue weighted by Crippen LogP contribution is 2.32. The van der Waals surface area contributed by atoms with E-state index in [0.717, 1.165) is 11.8 Å². The van der Waals surface area contributed by atoms with Crippen molar-refractivity contribution < 1.29 is 0 Å². The van der Waals surface area contributed by atoms with Crippen LogP contribution in [0, 0.1) is 11.8 Å². The molecule has 0 radical (unpaired) electrons. The molecule has 1 fully saturated rings. The Morgan fingerprint density at radius 3 is 2.58 bits per heavy atom. The van der Waals surface area contributed by atoms with E-state index in [9.17, 15) is 0 Å². The van der Waals surface area contributed by atoms with Crippen molar-refractivity contribution >= 4 is 0 Å². The zero-order valence-corrected chi connectivity index (χ0v) is 7.74. The van der Waals surface area contributed by atoms with Gasteiger partial charge in [-0.15, -0.1) is 0 Å². The first-order valence-corrected chi connectivity index (χ1v) is 4.97. The number of aromatic nitrogens is 1. The fourth-order valence-corrected chi connectivity index (χ4v) is 2.26. The molecule has 66 valence electrons. The van der Waals surface area contributed by atoms with Gasteiger partial charge in [-0.1, -0.05) is 19.8 Å². The van der Waals surface area contributed by atoms with Crippen LogP contribution in [0.3, 0.4) is 0 Å². The van der Waals surface area contributed by atoms with Gasteiger partial charge in [0.2, 0.25) is 0 Å². The summed E-state index contributed by atoms with van der Waals surface area (Å²) in [4.78, 5) is 0. The molecular formula is C11H17N. The highest BCUT2D eigenvalue weighted by Gasteiger charge is 2.22. The number of hydrogen-bond acceptors (Lipinski definition) is 0. The Labute approximate surface area is 74.4 Å². The first-order chi connectivity index (χ1) is 5.86. The molecule has 1 nitrogen and oxygen atoms in total. The van der Waals surface area contributed by atoms with Gasteiger partial charge in [0.25, 0.3) is 0 Å². The molecule has 1 aromatic heterocycles.